The van der Waals surface area contributed by atoms with Crippen molar-refractivity contribution in [1.82, 2.24) is 0 Å². The Morgan fingerprint density at radius 3 is 2.90 bits per heavy atom. The van der Waals surface area contributed by atoms with E-state index in [9.17, 15) is 4.79 Å². The van der Waals surface area contributed by atoms with Crippen LogP contribution >= 0.6 is 0 Å². The summed E-state index contributed by atoms with van der Waals surface area (Å²) in [5, 5.41) is 6.38. The number of nitrogens with two attached hydrogens (primary N) is 1. The zero-order valence-corrected chi connectivity index (χ0v) is 12.8. The highest BCUT2D eigenvalue weighted by molar-refractivity contribution is 6.00. The van der Waals surface area contributed by atoms with Crippen LogP contribution < -0.4 is 16.4 Å². The lowest BCUT2D eigenvalue weighted by molar-refractivity contribution is -0.115. The highest BCUT2D eigenvalue weighted by Gasteiger charge is 2.49. The lowest BCUT2D eigenvalue weighted by atomic mass is 9.64. The number of nitrogen functional groups attached to an aromatic ring is 1. The van der Waals surface area contributed by atoms with E-state index in [1.807, 2.05) is 19.1 Å². The minimum absolute atomic E-state index is 0.0296. The zero-order valence-electron chi connectivity index (χ0n) is 12.8. The van der Waals surface area contributed by atoms with Crippen LogP contribution in [0.15, 0.2) is 12.1 Å². The lowest BCUT2D eigenvalue weighted by Gasteiger charge is -2.52. The number of benzene rings is 1. The maximum absolute atomic E-state index is 11.4. The quantitative estimate of drug-likeness (QED) is 0.744. The Morgan fingerprint density at radius 2 is 2.24 bits per heavy atom. The molecule has 114 valence electrons. The van der Waals surface area contributed by atoms with Gasteiger partial charge in [-0.3, -0.25) is 4.79 Å². The first kappa shape index (κ1) is 14.2. The number of hydrogen-bond donors (Lipinski definition) is 3. The second-order valence-electron chi connectivity index (χ2n) is 6.52. The predicted octanol–water partition coefficient (Wildman–Crippen LogP) is 2.38. The first-order chi connectivity index (χ1) is 9.91. The van der Waals surface area contributed by atoms with Crippen molar-refractivity contribution in [2.24, 2.45) is 5.41 Å². The van der Waals surface area contributed by atoms with Gasteiger partial charge in [0.1, 0.15) is 0 Å². The van der Waals surface area contributed by atoms with Gasteiger partial charge in [0.05, 0.1) is 23.9 Å². The van der Waals surface area contributed by atoms with E-state index in [1.54, 1.807) is 0 Å². The Morgan fingerprint density at radius 1 is 1.48 bits per heavy atom. The molecule has 2 atom stereocenters. The van der Waals surface area contributed by atoms with Gasteiger partial charge in [0, 0.05) is 23.8 Å². The number of carbonyl (C=O) groups is 1. The largest absolute Gasteiger partial charge is 0.397 e. The predicted molar refractivity (Wildman–Crippen MR) is 84.4 cm³/mol. The fraction of sp³-hybridized carbons (Fsp3) is 0.562. The maximum atomic E-state index is 11.4. The number of amides is 1. The Bertz CT molecular complexity index is 583. The molecule has 1 saturated carbocycles. The van der Waals surface area contributed by atoms with Crippen molar-refractivity contribution in [3.05, 3.63) is 17.7 Å². The SMILES string of the molecule is CCOC1CC(Nc2cc3c(cc2N)CC(=O)N3)C1(C)C. The Hall–Kier alpha value is -1.75. The molecule has 5 nitrogen and oxygen atoms in total. The first-order valence-electron chi connectivity index (χ1n) is 7.52. The fourth-order valence-corrected chi connectivity index (χ4v) is 3.22. The number of fused-ring (bicyclic) bond motifs is 1. The monoisotopic (exact) mass is 289 g/mol. The van der Waals surface area contributed by atoms with Crippen LogP contribution in [-0.2, 0) is 16.0 Å². The van der Waals surface area contributed by atoms with E-state index < -0.39 is 0 Å². The molecule has 1 aromatic rings. The second kappa shape index (κ2) is 4.91. The number of rotatable bonds is 4. The molecular formula is C16H23N3O2. The van der Waals surface area contributed by atoms with Crippen LogP contribution in [-0.4, -0.2) is 24.7 Å². The molecule has 4 N–H and O–H groups in total. The molecule has 3 rings (SSSR count). The first-order valence-corrected chi connectivity index (χ1v) is 7.52. The summed E-state index contributed by atoms with van der Waals surface area (Å²) in [4.78, 5) is 11.4. The highest BCUT2D eigenvalue weighted by Crippen LogP contribution is 2.45. The molecule has 5 heteroatoms. The summed E-state index contributed by atoms with van der Waals surface area (Å²) in [5.41, 5.74) is 9.62. The molecule has 0 saturated heterocycles. The standard InChI is InChI=1S/C16H23N3O2/c1-4-21-14-8-13(16(14,2)3)18-12-7-11-9(5-10(12)17)6-15(20)19-11/h5,7,13-14,18H,4,6,8,17H2,1-3H3,(H,19,20). The van der Waals surface area contributed by atoms with Crippen molar-refractivity contribution >= 4 is 23.0 Å². The Kier molecular flexibility index (Phi) is 3.32. The van der Waals surface area contributed by atoms with E-state index in [1.165, 1.54) is 0 Å². The molecular weight excluding hydrogens is 266 g/mol. The summed E-state index contributed by atoms with van der Waals surface area (Å²) in [6.07, 6.45) is 1.68. The average molecular weight is 289 g/mol. The molecule has 0 spiro atoms. The molecule has 0 bridgehead atoms. The summed E-state index contributed by atoms with van der Waals surface area (Å²) < 4.78 is 5.75. The van der Waals surface area contributed by atoms with Crippen molar-refractivity contribution in [3.8, 4) is 0 Å². The Labute approximate surface area is 125 Å². The van der Waals surface area contributed by atoms with Crippen LogP contribution in [0.1, 0.15) is 32.8 Å². The third-order valence-electron chi connectivity index (χ3n) is 4.78. The smallest absolute Gasteiger partial charge is 0.228 e. The molecule has 0 aromatic heterocycles. The van der Waals surface area contributed by atoms with Crippen molar-refractivity contribution in [2.75, 3.05) is 23.0 Å². The van der Waals surface area contributed by atoms with Crippen LogP contribution in [0.3, 0.4) is 0 Å². The molecule has 1 aromatic carbocycles. The van der Waals surface area contributed by atoms with E-state index in [0.717, 1.165) is 30.0 Å². The molecule has 1 amide bonds. The van der Waals surface area contributed by atoms with Crippen molar-refractivity contribution in [1.29, 1.82) is 0 Å². The number of ether oxygens (including phenoxy) is 1. The molecule has 1 fully saturated rings. The van der Waals surface area contributed by atoms with Gasteiger partial charge in [-0.05, 0) is 31.0 Å². The number of hydrogen-bond acceptors (Lipinski definition) is 4. The van der Waals surface area contributed by atoms with Gasteiger partial charge in [-0.2, -0.15) is 0 Å². The third kappa shape index (κ3) is 2.35. The van der Waals surface area contributed by atoms with Crippen molar-refractivity contribution < 1.29 is 9.53 Å². The van der Waals surface area contributed by atoms with Gasteiger partial charge < -0.3 is 21.1 Å². The van der Waals surface area contributed by atoms with E-state index in [-0.39, 0.29) is 17.4 Å². The van der Waals surface area contributed by atoms with Gasteiger partial charge >= 0.3 is 0 Å². The van der Waals surface area contributed by atoms with Gasteiger partial charge in [0.15, 0.2) is 0 Å². The minimum atomic E-state index is 0.0296. The van der Waals surface area contributed by atoms with E-state index in [0.29, 0.717) is 18.2 Å². The fourth-order valence-electron chi connectivity index (χ4n) is 3.22. The summed E-state index contributed by atoms with van der Waals surface area (Å²) in [5.74, 6) is 0.0296. The van der Waals surface area contributed by atoms with Crippen LogP contribution in [0.25, 0.3) is 0 Å². The van der Waals surface area contributed by atoms with Crippen LogP contribution in [0.4, 0.5) is 17.1 Å². The lowest BCUT2D eigenvalue weighted by Crippen LogP contribution is -2.58. The van der Waals surface area contributed by atoms with Gasteiger partial charge in [-0.15, -0.1) is 0 Å². The van der Waals surface area contributed by atoms with E-state index >= 15 is 0 Å². The number of nitrogens with one attached hydrogen (secondary N) is 2. The summed E-state index contributed by atoms with van der Waals surface area (Å²) >= 11 is 0. The van der Waals surface area contributed by atoms with Crippen LogP contribution in [0.5, 0.6) is 0 Å². The molecule has 21 heavy (non-hydrogen) atoms. The maximum Gasteiger partial charge on any atom is 0.228 e. The van der Waals surface area contributed by atoms with Gasteiger partial charge in [-0.1, -0.05) is 13.8 Å². The van der Waals surface area contributed by atoms with Crippen molar-refractivity contribution in [3.63, 3.8) is 0 Å². The van der Waals surface area contributed by atoms with E-state index in [4.69, 9.17) is 10.5 Å². The van der Waals surface area contributed by atoms with E-state index in [2.05, 4.69) is 24.5 Å². The van der Waals surface area contributed by atoms with Gasteiger partial charge in [-0.25, -0.2) is 0 Å². The molecule has 2 unspecified atom stereocenters. The molecule has 1 heterocycles. The minimum Gasteiger partial charge on any atom is -0.397 e. The molecule has 2 aliphatic rings. The topological polar surface area (TPSA) is 76.4 Å². The van der Waals surface area contributed by atoms with Crippen LogP contribution in [0, 0.1) is 5.41 Å². The summed E-state index contributed by atoms with van der Waals surface area (Å²) in [6.45, 7) is 7.19. The highest BCUT2D eigenvalue weighted by atomic mass is 16.5. The van der Waals surface area contributed by atoms with Gasteiger partial charge in [0.25, 0.3) is 0 Å². The van der Waals surface area contributed by atoms with Crippen molar-refractivity contribution in [2.45, 2.75) is 45.8 Å². The second-order valence-corrected chi connectivity index (χ2v) is 6.52. The molecule has 1 aliphatic heterocycles. The van der Waals surface area contributed by atoms with Gasteiger partial charge in [0.2, 0.25) is 5.91 Å². The average Bonchev–Trinajstić information content (AvgIpc) is 2.76. The number of carbonyl (C=O) groups excluding carboxylic acids is 1. The van der Waals surface area contributed by atoms with Crippen LogP contribution in [0.2, 0.25) is 0 Å². The molecule has 1 aliphatic carbocycles. The number of anilines is 3. The normalized spacial score (nSPS) is 26.0. The summed E-state index contributed by atoms with van der Waals surface area (Å²) in [7, 11) is 0. The Balaban J connectivity index is 1.75. The molecule has 0 radical (unpaired) electrons. The summed E-state index contributed by atoms with van der Waals surface area (Å²) in [6, 6.07) is 4.16. The zero-order chi connectivity index (χ0) is 15.2. The third-order valence-corrected chi connectivity index (χ3v) is 4.78.